The summed E-state index contributed by atoms with van der Waals surface area (Å²) in [6, 6.07) is 1.20. The Bertz CT molecular complexity index is 745. The van der Waals surface area contributed by atoms with Crippen molar-refractivity contribution in [1.82, 2.24) is 15.1 Å². The van der Waals surface area contributed by atoms with E-state index in [1.54, 1.807) is 0 Å². The maximum Gasteiger partial charge on any atom is 0.435 e. The van der Waals surface area contributed by atoms with Gasteiger partial charge in [0.25, 0.3) is 0 Å². The van der Waals surface area contributed by atoms with Crippen LogP contribution in [0.3, 0.4) is 0 Å². The second kappa shape index (κ2) is 7.02. The minimum absolute atomic E-state index is 0.116. The van der Waals surface area contributed by atoms with Gasteiger partial charge in [-0.25, -0.2) is 0 Å². The fourth-order valence-corrected chi connectivity index (χ4v) is 6.82. The van der Waals surface area contributed by atoms with Crippen LogP contribution in [-0.4, -0.2) is 22.2 Å². The molecular weight excluding hydrogens is 379 g/mol. The number of aromatic nitrogens is 2. The minimum atomic E-state index is -4.40. The van der Waals surface area contributed by atoms with Crippen LogP contribution in [0.25, 0.3) is 0 Å². The molecule has 5 aliphatic carbocycles. The van der Waals surface area contributed by atoms with Gasteiger partial charge >= 0.3 is 6.18 Å². The van der Waals surface area contributed by atoms with Gasteiger partial charge in [-0.2, -0.15) is 18.3 Å². The molecular formula is C22H30F3N3O. The largest absolute Gasteiger partial charge is 0.435 e. The zero-order valence-electron chi connectivity index (χ0n) is 16.8. The lowest BCUT2D eigenvalue weighted by Crippen LogP contribution is -2.48. The SMILES string of the molecule is O=C(CC12CC3CC(CC(C3)C1)C2)NCCCn1nc(C(F)(F)F)cc1C1CC1. The van der Waals surface area contributed by atoms with Gasteiger partial charge in [-0.15, -0.1) is 0 Å². The molecule has 4 bridgehead atoms. The van der Waals surface area contributed by atoms with Crippen molar-refractivity contribution in [2.24, 2.45) is 23.2 Å². The minimum Gasteiger partial charge on any atom is -0.356 e. The molecule has 29 heavy (non-hydrogen) atoms. The summed E-state index contributed by atoms with van der Waals surface area (Å²) in [5.74, 6) is 2.82. The molecule has 5 fully saturated rings. The number of aryl methyl sites for hydroxylation is 1. The van der Waals surface area contributed by atoms with E-state index in [2.05, 4.69) is 10.4 Å². The van der Waals surface area contributed by atoms with Crippen LogP contribution in [0.2, 0.25) is 0 Å². The Balaban J connectivity index is 1.12. The van der Waals surface area contributed by atoms with Gasteiger partial charge in [0.1, 0.15) is 0 Å². The van der Waals surface area contributed by atoms with Crippen molar-refractivity contribution in [2.45, 2.75) is 82.8 Å². The van der Waals surface area contributed by atoms with Crippen LogP contribution in [-0.2, 0) is 17.5 Å². The van der Waals surface area contributed by atoms with E-state index in [1.807, 2.05) is 0 Å². The number of amides is 1. The lowest BCUT2D eigenvalue weighted by atomic mass is 9.49. The van der Waals surface area contributed by atoms with Gasteiger partial charge in [-0.05, 0) is 87.0 Å². The molecule has 4 nitrogen and oxygen atoms in total. The smallest absolute Gasteiger partial charge is 0.356 e. The molecule has 1 amide bonds. The molecule has 7 heteroatoms. The fourth-order valence-electron chi connectivity index (χ4n) is 6.82. The standard InChI is InChI=1S/C22H30F3N3O/c23-22(24,25)19-9-18(17-2-3-17)28(27-19)5-1-4-26-20(29)13-21-10-14-6-15(11-21)8-16(7-14)12-21/h9,14-17H,1-8,10-13H2,(H,26,29). The van der Waals surface area contributed by atoms with Gasteiger partial charge in [0, 0.05) is 31.1 Å². The first-order chi connectivity index (χ1) is 13.8. The molecule has 6 rings (SSSR count). The van der Waals surface area contributed by atoms with Crippen molar-refractivity contribution in [2.75, 3.05) is 6.54 Å². The molecule has 1 N–H and O–H groups in total. The van der Waals surface area contributed by atoms with Gasteiger partial charge in [0.05, 0.1) is 0 Å². The van der Waals surface area contributed by atoms with Gasteiger partial charge in [-0.1, -0.05) is 0 Å². The van der Waals surface area contributed by atoms with Crippen molar-refractivity contribution in [3.63, 3.8) is 0 Å². The van der Waals surface area contributed by atoms with E-state index < -0.39 is 11.9 Å². The number of halogens is 3. The highest BCUT2D eigenvalue weighted by atomic mass is 19.4. The highest BCUT2D eigenvalue weighted by molar-refractivity contribution is 5.76. The summed E-state index contributed by atoms with van der Waals surface area (Å²) in [6.07, 6.45) is 6.45. The summed E-state index contributed by atoms with van der Waals surface area (Å²) < 4.78 is 40.5. The lowest BCUT2D eigenvalue weighted by molar-refractivity contribution is -0.141. The molecule has 0 aliphatic heterocycles. The first-order valence-electron chi connectivity index (χ1n) is 11.2. The van der Waals surface area contributed by atoms with E-state index in [0.717, 1.165) is 30.6 Å². The summed E-state index contributed by atoms with van der Waals surface area (Å²) in [5.41, 5.74) is 0.115. The Hall–Kier alpha value is -1.53. The van der Waals surface area contributed by atoms with Gasteiger partial charge in [0.2, 0.25) is 5.91 Å². The second-order valence-electron chi connectivity index (χ2n) is 10.2. The van der Waals surface area contributed by atoms with Crippen LogP contribution in [0.4, 0.5) is 13.2 Å². The molecule has 5 aliphatic rings. The maximum absolute atomic E-state index is 13.0. The Morgan fingerprint density at radius 2 is 1.76 bits per heavy atom. The van der Waals surface area contributed by atoms with E-state index in [4.69, 9.17) is 0 Å². The first kappa shape index (κ1) is 19.4. The number of nitrogens with one attached hydrogen (secondary N) is 1. The highest BCUT2D eigenvalue weighted by Gasteiger charge is 2.51. The third kappa shape index (κ3) is 4.06. The Labute approximate surface area is 169 Å². The predicted molar refractivity (Wildman–Crippen MR) is 102 cm³/mol. The Morgan fingerprint density at radius 3 is 2.31 bits per heavy atom. The highest BCUT2D eigenvalue weighted by Crippen LogP contribution is 2.61. The normalized spacial score (nSPS) is 33.3. The fraction of sp³-hybridized carbons (Fsp3) is 0.818. The summed E-state index contributed by atoms with van der Waals surface area (Å²) in [6.45, 7) is 0.913. The molecule has 0 aromatic carbocycles. The quantitative estimate of drug-likeness (QED) is 0.652. The molecule has 160 valence electrons. The van der Waals surface area contributed by atoms with Crippen LogP contribution < -0.4 is 5.32 Å². The van der Waals surface area contributed by atoms with Gasteiger partial charge in [-0.3, -0.25) is 9.48 Å². The maximum atomic E-state index is 13.0. The van der Waals surface area contributed by atoms with Gasteiger partial charge < -0.3 is 5.32 Å². The number of carbonyl (C=O) groups is 1. The Kier molecular flexibility index (Phi) is 4.70. The number of carbonyl (C=O) groups excluding carboxylic acids is 1. The van der Waals surface area contributed by atoms with Crippen molar-refractivity contribution < 1.29 is 18.0 Å². The summed E-state index contributed by atoms with van der Waals surface area (Å²) in [4.78, 5) is 12.6. The summed E-state index contributed by atoms with van der Waals surface area (Å²) >= 11 is 0. The third-order valence-electron chi connectivity index (χ3n) is 7.67. The van der Waals surface area contributed by atoms with E-state index >= 15 is 0 Å². The van der Waals surface area contributed by atoms with Crippen LogP contribution in [0, 0.1) is 23.2 Å². The molecule has 0 atom stereocenters. The lowest BCUT2D eigenvalue weighted by Gasteiger charge is -2.56. The van der Waals surface area contributed by atoms with Crippen LogP contribution >= 0.6 is 0 Å². The van der Waals surface area contributed by atoms with Crippen molar-refractivity contribution in [1.29, 1.82) is 0 Å². The Morgan fingerprint density at radius 1 is 1.14 bits per heavy atom. The number of hydrogen-bond acceptors (Lipinski definition) is 2. The summed E-state index contributed by atoms with van der Waals surface area (Å²) in [7, 11) is 0. The molecule has 1 aromatic heterocycles. The molecule has 1 aromatic rings. The van der Waals surface area contributed by atoms with Crippen molar-refractivity contribution >= 4 is 5.91 Å². The first-order valence-corrected chi connectivity index (χ1v) is 11.2. The monoisotopic (exact) mass is 409 g/mol. The predicted octanol–water partition coefficient (Wildman–Crippen LogP) is 4.89. The molecule has 0 spiro atoms. The van der Waals surface area contributed by atoms with Crippen molar-refractivity contribution in [3.05, 3.63) is 17.5 Å². The van der Waals surface area contributed by atoms with Crippen LogP contribution in [0.5, 0.6) is 0 Å². The van der Waals surface area contributed by atoms with Gasteiger partial charge in [0.15, 0.2) is 5.69 Å². The van der Waals surface area contributed by atoms with E-state index in [-0.39, 0.29) is 17.2 Å². The van der Waals surface area contributed by atoms with Crippen LogP contribution in [0.15, 0.2) is 6.07 Å². The molecule has 0 unspecified atom stereocenters. The number of alkyl halides is 3. The number of hydrogen-bond donors (Lipinski definition) is 1. The zero-order chi connectivity index (χ0) is 20.2. The average Bonchev–Trinajstić information content (AvgIpc) is 3.35. The molecule has 5 saturated carbocycles. The summed E-state index contributed by atoms with van der Waals surface area (Å²) in [5, 5.41) is 6.81. The van der Waals surface area contributed by atoms with Crippen LogP contribution in [0.1, 0.15) is 81.5 Å². The zero-order valence-corrected chi connectivity index (χ0v) is 16.8. The van der Waals surface area contributed by atoms with E-state index in [0.29, 0.717) is 31.6 Å². The molecule has 0 saturated heterocycles. The molecule has 1 heterocycles. The second-order valence-corrected chi connectivity index (χ2v) is 10.2. The number of rotatable bonds is 7. The van der Waals surface area contributed by atoms with E-state index in [1.165, 1.54) is 49.3 Å². The average molecular weight is 409 g/mol. The molecule has 0 radical (unpaired) electrons. The van der Waals surface area contributed by atoms with Crippen molar-refractivity contribution in [3.8, 4) is 0 Å². The van der Waals surface area contributed by atoms with E-state index in [9.17, 15) is 18.0 Å². The number of nitrogens with zero attached hydrogens (tertiary/aromatic N) is 2. The third-order valence-corrected chi connectivity index (χ3v) is 7.67. The topological polar surface area (TPSA) is 46.9 Å².